The maximum absolute atomic E-state index is 12.9. The summed E-state index contributed by atoms with van der Waals surface area (Å²) in [6.45, 7) is 6.52. The van der Waals surface area contributed by atoms with Crippen LogP contribution in [0.1, 0.15) is 355 Å². The fraction of sp³-hybridized carbons (Fsp3) is 0.773. The molecular weight excluding hydrogens is 997 g/mol. The second kappa shape index (κ2) is 69.1. The van der Waals surface area contributed by atoms with Crippen LogP contribution in [-0.2, 0) is 28.6 Å². The number of carbonyl (C=O) groups excluding carboxylic acids is 3. The van der Waals surface area contributed by atoms with Gasteiger partial charge in [0.25, 0.3) is 0 Å². The highest BCUT2D eigenvalue weighted by molar-refractivity contribution is 5.71. The number of esters is 3. The quantitative estimate of drug-likeness (QED) is 0.0261. The van der Waals surface area contributed by atoms with E-state index in [1.54, 1.807) is 0 Å². The van der Waals surface area contributed by atoms with Crippen molar-refractivity contribution in [3.8, 4) is 0 Å². The zero-order valence-corrected chi connectivity index (χ0v) is 53.8. The highest BCUT2D eigenvalue weighted by Crippen LogP contribution is 2.17. The first-order valence-electron chi connectivity index (χ1n) is 35.1. The van der Waals surface area contributed by atoms with Gasteiger partial charge < -0.3 is 14.2 Å². The second-order valence-corrected chi connectivity index (χ2v) is 23.4. The molecule has 468 valence electrons. The summed E-state index contributed by atoms with van der Waals surface area (Å²) in [6.07, 6.45) is 91.9. The van der Waals surface area contributed by atoms with E-state index < -0.39 is 6.10 Å². The molecule has 0 radical (unpaired) electrons. The molecule has 0 heterocycles. The van der Waals surface area contributed by atoms with Crippen LogP contribution < -0.4 is 0 Å². The second-order valence-electron chi connectivity index (χ2n) is 23.4. The molecule has 0 aliphatic carbocycles. The standard InChI is InChI=1S/C75H132O6/c1-4-7-10-13-16-19-22-24-26-28-30-31-32-33-34-35-36-37-38-39-40-41-42-43-45-46-48-50-53-56-59-62-65-68-74(77)80-71-72(70-79-73(76)67-64-61-58-55-52-21-18-15-12-9-6-3)81-75(78)69-66-63-60-57-54-51-49-47-44-29-27-25-23-20-17-14-11-8-5-2/h7,10,15-16,18-19,24-27,30-31,33-34,72H,4-6,8-9,11-14,17,20-23,28-29,32,35-71H2,1-3H3/b10-7-,18-15-,19-16-,26-24-,27-25-,31-30-,34-33-. The molecule has 1 unspecified atom stereocenters. The van der Waals surface area contributed by atoms with Gasteiger partial charge in [-0.2, -0.15) is 0 Å². The molecule has 0 aromatic carbocycles. The molecule has 0 bridgehead atoms. The Bertz CT molecular complexity index is 1530. The van der Waals surface area contributed by atoms with Crippen molar-refractivity contribution in [3.05, 3.63) is 85.1 Å². The van der Waals surface area contributed by atoms with Crippen molar-refractivity contribution in [2.45, 2.75) is 361 Å². The predicted octanol–water partition coefficient (Wildman–Crippen LogP) is 24.2. The minimum atomic E-state index is -0.779. The third-order valence-electron chi connectivity index (χ3n) is 15.4. The molecule has 0 aromatic rings. The summed E-state index contributed by atoms with van der Waals surface area (Å²) in [5, 5.41) is 0. The number of carbonyl (C=O) groups is 3. The SMILES string of the molecule is CC/C=C\C/C=C\C/C=C\C/C=C\C/C=C\CCCCCCCCCCCCCCCCCCCC(=O)OCC(COC(=O)CCCCCCC/C=C\CCCC)OC(=O)CCCCCCCCCCC/C=C\CCCCCCCC. The van der Waals surface area contributed by atoms with Gasteiger partial charge >= 0.3 is 17.9 Å². The van der Waals surface area contributed by atoms with Crippen LogP contribution in [0.3, 0.4) is 0 Å². The van der Waals surface area contributed by atoms with E-state index in [1.165, 1.54) is 218 Å². The third-order valence-corrected chi connectivity index (χ3v) is 15.4. The van der Waals surface area contributed by atoms with Crippen LogP contribution >= 0.6 is 0 Å². The van der Waals surface area contributed by atoms with E-state index in [0.717, 1.165) is 96.3 Å². The van der Waals surface area contributed by atoms with Crippen molar-refractivity contribution in [2.24, 2.45) is 0 Å². The van der Waals surface area contributed by atoms with E-state index in [4.69, 9.17) is 14.2 Å². The summed E-state index contributed by atoms with van der Waals surface area (Å²) >= 11 is 0. The Hall–Kier alpha value is -3.41. The van der Waals surface area contributed by atoms with Gasteiger partial charge in [-0.3, -0.25) is 14.4 Å². The third kappa shape index (κ3) is 67.3. The van der Waals surface area contributed by atoms with E-state index in [0.29, 0.717) is 19.3 Å². The molecule has 6 heteroatoms. The average Bonchev–Trinajstić information content (AvgIpc) is 3.47. The first-order chi connectivity index (χ1) is 40.0. The highest BCUT2D eigenvalue weighted by atomic mass is 16.6. The smallest absolute Gasteiger partial charge is 0.306 e. The van der Waals surface area contributed by atoms with Crippen molar-refractivity contribution < 1.29 is 28.6 Å². The Morgan fingerprint density at radius 3 is 0.802 bits per heavy atom. The summed E-state index contributed by atoms with van der Waals surface area (Å²) in [4.78, 5) is 38.3. The van der Waals surface area contributed by atoms with Gasteiger partial charge in [0.1, 0.15) is 13.2 Å². The van der Waals surface area contributed by atoms with Gasteiger partial charge in [0.05, 0.1) is 0 Å². The maximum atomic E-state index is 12.9. The summed E-state index contributed by atoms with van der Waals surface area (Å²) in [6, 6.07) is 0. The first kappa shape index (κ1) is 77.6. The van der Waals surface area contributed by atoms with Gasteiger partial charge in [-0.1, -0.05) is 311 Å². The highest BCUT2D eigenvalue weighted by Gasteiger charge is 2.19. The fourth-order valence-corrected chi connectivity index (χ4v) is 10.1. The minimum Gasteiger partial charge on any atom is -0.462 e. The van der Waals surface area contributed by atoms with Crippen LogP contribution in [0.25, 0.3) is 0 Å². The molecular formula is C75H132O6. The topological polar surface area (TPSA) is 78.9 Å². The van der Waals surface area contributed by atoms with Gasteiger partial charge in [-0.15, -0.1) is 0 Å². The number of hydrogen-bond donors (Lipinski definition) is 0. The predicted molar refractivity (Wildman–Crippen MR) is 353 cm³/mol. The lowest BCUT2D eigenvalue weighted by atomic mass is 10.0. The monoisotopic (exact) mass is 1130 g/mol. The fourth-order valence-electron chi connectivity index (χ4n) is 10.1. The number of ether oxygens (including phenoxy) is 3. The zero-order chi connectivity index (χ0) is 58.5. The largest absolute Gasteiger partial charge is 0.462 e. The summed E-state index contributed by atoms with van der Waals surface area (Å²) < 4.78 is 16.9. The Labute approximate surface area is 503 Å². The molecule has 0 rings (SSSR count). The average molecular weight is 1130 g/mol. The summed E-state index contributed by atoms with van der Waals surface area (Å²) in [5.41, 5.74) is 0. The number of rotatable bonds is 64. The van der Waals surface area contributed by atoms with E-state index in [1.807, 2.05) is 0 Å². The molecule has 1 atom stereocenters. The van der Waals surface area contributed by atoms with Gasteiger partial charge in [0.15, 0.2) is 6.10 Å². The van der Waals surface area contributed by atoms with E-state index in [2.05, 4.69) is 106 Å². The molecule has 0 spiro atoms. The van der Waals surface area contributed by atoms with Crippen LogP contribution in [0.15, 0.2) is 85.1 Å². The normalized spacial score (nSPS) is 12.6. The lowest BCUT2D eigenvalue weighted by Crippen LogP contribution is -2.30. The Kier molecular flexibility index (Phi) is 66.2. The van der Waals surface area contributed by atoms with Gasteiger partial charge in [-0.05, 0) is 109 Å². The summed E-state index contributed by atoms with van der Waals surface area (Å²) in [5.74, 6) is -0.870. The van der Waals surface area contributed by atoms with Gasteiger partial charge in [0.2, 0.25) is 0 Å². The molecule has 0 N–H and O–H groups in total. The molecule has 81 heavy (non-hydrogen) atoms. The molecule has 0 fully saturated rings. The van der Waals surface area contributed by atoms with E-state index in [-0.39, 0.29) is 31.1 Å². The minimum absolute atomic E-state index is 0.0757. The molecule has 0 saturated heterocycles. The van der Waals surface area contributed by atoms with Crippen molar-refractivity contribution in [1.82, 2.24) is 0 Å². The number of allylic oxidation sites excluding steroid dienone is 14. The molecule has 0 amide bonds. The lowest BCUT2D eigenvalue weighted by molar-refractivity contribution is -0.167. The maximum Gasteiger partial charge on any atom is 0.306 e. The van der Waals surface area contributed by atoms with Crippen LogP contribution in [-0.4, -0.2) is 37.2 Å². The van der Waals surface area contributed by atoms with Gasteiger partial charge in [-0.25, -0.2) is 0 Å². The van der Waals surface area contributed by atoms with Crippen molar-refractivity contribution in [3.63, 3.8) is 0 Å². The van der Waals surface area contributed by atoms with E-state index >= 15 is 0 Å². The van der Waals surface area contributed by atoms with Crippen LogP contribution in [0.4, 0.5) is 0 Å². The number of unbranched alkanes of at least 4 members (excludes halogenated alkanes) is 39. The zero-order valence-electron chi connectivity index (χ0n) is 53.8. The molecule has 6 nitrogen and oxygen atoms in total. The first-order valence-corrected chi connectivity index (χ1v) is 35.1. The lowest BCUT2D eigenvalue weighted by Gasteiger charge is -2.18. The van der Waals surface area contributed by atoms with Crippen LogP contribution in [0.5, 0.6) is 0 Å². The Balaban J connectivity index is 4.14. The number of hydrogen-bond acceptors (Lipinski definition) is 6. The Morgan fingerprint density at radius 2 is 0.494 bits per heavy atom. The van der Waals surface area contributed by atoms with Crippen molar-refractivity contribution >= 4 is 17.9 Å². The van der Waals surface area contributed by atoms with Crippen LogP contribution in [0, 0.1) is 0 Å². The van der Waals surface area contributed by atoms with Crippen molar-refractivity contribution in [2.75, 3.05) is 13.2 Å². The molecule has 0 saturated carbocycles. The Morgan fingerprint density at radius 1 is 0.259 bits per heavy atom. The van der Waals surface area contributed by atoms with E-state index in [9.17, 15) is 14.4 Å². The van der Waals surface area contributed by atoms with Gasteiger partial charge in [0, 0.05) is 19.3 Å². The van der Waals surface area contributed by atoms with Crippen molar-refractivity contribution in [1.29, 1.82) is 0 Å². The molecule has 0 aliphatic heterocycles. The molecule has 0 aromatic heterocycles. The molecule has 0 aliphatic rings. The van der Waals surface area contributed by atoms with Crippen LogP contribution in [0.2, 0.25) is 0 Å². The summed E-state index contributed by atoms with van der Waals surface area (Å²) in [7, 11) is 0.